The second-order valence-corrected chi connectivity index (χ2v) is 6.68. The number of hydrogen-bond acceptors (Lipinski definition) is 3. The Hall–Kier alpha value is -0.810. The van der Waals surface area contributed by atoms with Crippen LogP contribution in [-0.2, 0) is 9.59 Å². The molecule has 20 heavy (non-hydrogen) atoms. The molecule has 1 atom stereocenters. The van der Waals surface area contributed by atoms with E-state index in [-0.39, 0.29) is 36.3 Å². The Kier molecular flexibility index (Phi) is 6.98. The zero-order valence-electron chi connectivity index (χ0n) is 13.2. The first-order chi connectivity index (χ1) is 8.64. The van der Waals surface area contributed by atoms with Gasteiger partial charge in [-0.05, 0) is 53.5 Å². The molecule has 0 aromatic rings. The third-order valence-electron chi connectivity index (χ3n) is 3.33. The van der Waals surface area contributed by atoms with E-state index >= 15 is 0 Å². The fourth-order valence-corrected chi connectivity index (χ4v) is 2.41. The van der Waals surface area contributed by atoms with Crippen LogP contribution in [-0.4, -0.2) is 47.9 Å². The predicted octanol–water partition coefficient (Wildman–Crippen LogP) is 1.31. The van der Waals surface area contributed by atoms with E-state index in [4.69, 9.17) is 0 Å². The number of hydrogen-bond donors (Lipinski definition) is 2. The SMILES string of the molecule is CN(CC(=O)NC(C)(C)C)C(=O)C1(C)CCCCN1.Cl. The zero-order chi connectivity index (χ0) is 14.7. The summed E-state index contributed by atoms with van der Waals surface area (Å²) in [7, 11) is 1.69. The van der Waals surface area contributed by atoms with Crippen LogP contribution in [0.1, 0.15) is 47.0 Å². The molecule has 118 valence electrons. The number of piperidine rings is 1. The van der Waals surface area contributed by atoms with E-state index in [1.54, 1.807) is 7.05 Å². The molecule has 2 amide bonds. The van der Waals surface area contributed by atoms with Gasteiger partial charge < -0.3 is 15.5 Å². The fourth-order valence-electron chi connectivity index (χ4n) is 2.41. The van der Waals surface area contributed by atoms with Gasteiger partial charge in [-0.2, -0.15) is 0 Å². The molecule has 1 rings (SSSR count). The maximum Gasteiger partial charge on any atom is 0.242 e. The van der Waals surface area contributed by atoms with Crippen LogP contribution in [0.5, 0.6) is 0 Å². The van der Waals surface area contributed by atoms with Crippen molar-refractivity contribution in [3.8, 4) is 0 Å². The van der Waals surface area contributed by atoms with Gasteiger partial charge in [-0.25, -0.2) is 0 Å². The van der Waals surface area contributed by atoms with E-state index in [0.717, 1.165) is 25.8 Å². The van der Waals surface area contributed by atoms with E-state index in [1.165, 1.54) is 4.90 Å². The summed E-state index contributed by atoms with van der Waals surface area (Å²) < 4.78 is 0. The second kappa shape index (κ2) is 7.27. The van der Waals surface area contributed by atoms with Gasteiger partial charge in [0.15, 0.2) is 0 Å². The number of likely N-dealkylation sites (N-methyl/N-ethyl adjacent to an activating group) is 1. The number of nitrogens with zero attached hydrogens (tertiary/aromatic N) is 1. The summed E-state index contributed by atoms with van der Waals surface area (Å²) in [5.41, 5.74) is -0.789. The van der Waals surface area contributed by atoms with Crippen LogP contribution in [0.4, 0.5) is 0 Å². The van der Waals surface area contributed by atoms with Gasteiger partial charge in [-0.3, -0.25) is 9.59 Å². The minimum absolute atomic E-state index is 0. The largest absolute Gasteiger partial charge is 0.350 e. The smallest absolute Gasteiger partial charge is 0.242 e. The quantitative estimate of drug-likeness (QED) is 0.826. The van der Waals surface area contributed by atoms with Gasteiger partial charge in [0.05, 0.1) is 12.1 Å². The van der Waals surface area contributed by atoms with Crippen LogP contribution in [0.15, 0.2) is 0 Å². The summed E-state index contributed by atoms with van der Waals surface area (Å²) in [6.45, 7) is 8.68. The van der Waals surface area contributed by atoms with Gasteiger partial charge in [0.2, 0.25) is 11.8 Å². The van der Waals surface area contributed by atoms with Gasteiger partial charge in [0.1, 0.15) is 0 Å². The monoisotopic (exact) mass is 305 g/mol. The van der Waals surface area contributed by atoms with E-state index in [9.17, 15) is 9.59 Å². The summed E-state index contributed by atoms with van der Waals surface area (Å²) >= 11 is 0. The van der Waals surface area contributed by atoms with Gasteiger partial charge in [-0.1, -0.05) is 0 Å². The summed E-state index contributed by atoms with van der Waals surface area (Å²) in [5.74, 6) is -0.126. The molecule has 0 aromatic heterocycles. The second-order valence-electron chi connectivity index (χ2n) is 6.68. The van der Waals surface area contributed by atoms with Gasteiger partial charge >= 0.3 is 0 Å². The van der Waals surface area contributed by atoms with Crippen molar-refractivity contribution in [3.63, 3.8) is 0 Å². The lowest BCUT2D eigenvalue weighted by Gasteiger charge is -2.36. The van der Waals surface area contributed by atoms with Crippen molar-refractivity contribution >= 4 is 24.2 Å². The highest BCUT2D eigenvalue weighted by atomic mass is 35.5. The Morgan fingerprint density at radius 2 is 1.90 bits per heavy atom. The standard InChI is InChI=1S/C14H27N3O2.ClH/c1-13(2,3)16-11(18)10-17(5)12(19)14(4)8-6-7-9-15-14;/h15H,6-10H2,1-5H3,(H,16,18);1H. The van der Waals surface area contributed by atoms with Gasteiger partial charge in [-0.15, -0.1) is 12.4 Å². The molecule has 2 N–H and O–H groups in total. The minimum Gasteiger partial charge on any atom is -0.350 e. The first-order valence-electron chi connectivity index (χ1n) is 6.96. The van der Waals surface area contributed by atoms with Crippen LogP contribution in [0, 0.1) is 0 Å². The zero-order valence-corrected chi connectivity index (χ0v) is 14.0. The molecule has 1 aliphatic heterocycles. The summed E-state index contributed by atoms with van der Waals surface area (Å²) in [5, 5.41) is 6.14. The average Bonchev–Trinajstić information content (AvgIpc) is 2.26. The number of halogens is 1. The van der Waals surface area contributed by atoms with Crippen molar-refractivity contribution in [1.82, 2.24) is 15.5 Å². The lowest BCUT2D eigenvalue weighted by Crippen LogP contribution is -2.58. The molecule has 0 aromatic carbocycles. The predicted molar refractivity (Wildman–Crippen MR) is 83.0 cm³/mol. The third kappa shape index (κ3) is 5.67. The lowest BCUT2D eigenvalue weighted by molar-refractivity contribution is -0.141. The molecule has 1 saturated heterocycles. The highest BCUT2D eigenvalue weighted by molar-refractivity contribution is 5.90. The number of amides is 2. The topological polar surface area (TPSA) is 61.4 Å². The Morgan fingerprint density at radius 3 is 2.35 bits per heavy atom. The molecule has 0 spiro atoms. The van der Waals surface area contributed by atoms with Crippen LogP contribution in [0.25, 0.3) is 0 Å². The Labute approximate surface area is 128 Å². The third-order valence-corrected chi connectivity index (χ3v) is 3.33. The van der Waals surface area contributed by atoms with Crippen molar-refractivity contribution in [2.45, 2.75) is 58.0 Å². The average molecular weight is 306 g/mol. The summed E-state index contributed by atoms with van der Waals surface area (Å²) in [6, 6.07) is 0. The number of nitrogens with one attached hydrogen (secondary N) is 2. The highest BCUT2D eigenvalue weighted by Gasteiger charge is 2.36. The molecule has 0 aliphatic carbocycles. The normalized spacial score (nSPS) is 22.6. The Balaban J connectivity index is 0.00000361. The molecule has 1 fully saturated rings. The Bertz CT molecular complexity index is 347. The fraction of sp³-hybridized carbons (Fsp3) is 0.857. The summed E-state index contributed by atoms with van der Waals surface area (Å²) in [4.78, 5) is 25.8. The van der Waals surface area contributed by atoms with Crippen molar-refractivity contribution < 1.29 is 9.59 Å². The molecule has 5 nitrogen and oxygen atoms in total. The summed E-state index contributed by atoms with van der Waals surface area (Å²) in [6.07, 6.45) is 2.99. The first kappa shape index (κ1) is 19.2. The van der Waals surface area contributed by atoms with E-state index < -0.39 is 5.54 Å². The van der Waals surface area contributed by atoms with E-state index in [1.807, 2.05) is 27.7 Å². The van der Waals surface area contributed by atoms with Crippen molar-refractivity contribution in [1.29, 1.82) is 0 Å². The van der Waals surface area contributed by atoms with Crippen LogP contribution in [0.2, 0.25) is 0 Å². The highest BCUT2D eigenvalue weighted by Crippen LogP contribution is 2.20. The molecule has 6 heteroatoms. The van der Waals surface area contributed by atoms with Crippen molar-refractivity contribution in [2.24, 2.45) is 0 Å². The maximum absolute atomic E-state index is 12.4. The van der Waals surface area contributed by atoms with E-state index in [0.29, 0.717) is 0 Å². The number of carbonyl (C=O) groups is 2. The van der Waals surface area contributed by atoms with Crippen molar-refractivity contribution in [3.05, 3.63) is 0 Å². The van der Waals surface area contributed by atoms with E-state index in [2.05, 4.69) is 10.6 Å². The first-order valence-corrected chi connectivity index (χ1v) is 6.96. The minimum atomic E-state index is -0.519. The van der Waals surface area contributed by atoms with Crippen LogP contribution in [0.3, 0.4) is 0 Å². The molecule has 1 unspecified atom stereocenters. The number of carbonyl (C=O) groups excluding carboxylic acids is 2. The molecule has 1 aliphatic rings. The number of rotatable bonds is 3. The van der Waals surface area contributed by atoms with Crippen LogP contribution >= 0.6 is 12.4 Å². The van der Waals surface area contributed by atoms with Crippen LogP contribution < -0.4 is 10.6 Å². The molecule has 0 saturated carbocycles. The molecular weight excluding hydrogens is 278 g/mol. The molecule has 0 radical (unpaired) electrons. The maximum atomic E-state index is 12.4. The molecule has 0 bridgehead atoms. The lowest BCUT2D eigenvalue weighted by atomic mass is 9.89. The van der Waals surface area contributed by atoms with Gasteiger partial charge in [0.25, 0.3) is 0 Å². The van der Waals surface area contributed by atoms with Gasteiger partial charge in [0, 0.05) is 12.6 Å². The molecule has 1 heterocycles. The van der Waals surface area contributed by atoms with Crippen molar-refractivity contribution in [2.75, 3.05) is 20.1 Å². The Morgan fingerprint density at radius 1 is 1.30 bits per heavy atom. The molecular formula is C14H28ClN3O2.